The molecule has 204 valence electrons. The molecular weight excluding hydrogens is 500 g/mol. The molecule has 8 rings (SSSR count). The highest BCUT2D eigenvalue weighted by Crippen LogP contribution is 2.30. The SMILES string of the molecule is C1=COCCC1.Oc1ccc2c(c1)[nH]c1ccccc12.c1ccc2c(c1)[nH]c1cc(OC3CCCCO3)ccc12. The minimum atomic E-state index is -0.0921. The third-order valence-corrected chi connectivity index (χ3v) is 7.20. The molecule has 2 aromatic heterocycles. The van der Waals surface area contributed by atoms with E-state index in [9.17, 15) is 5.11 Å². The summed E-state index contributed by atoms with van der Waals surface area (Å²) < 4.78 is 16.4. The van der Waals surface area contributed by atoms with Crippen molar-refractivity contribution in [2.24, 2.45) is 0 Å². The number of phenolic OH excluding ortho intramolecular Hbond substituents is 1. The first-order valence-corrected chi connectivity index (χ1v) is 14.0. The van der Waals surface area contributed by atoms with Gasteiger partial charge in [-0.05, 0) is 68.2 Å². The van der Waals surface area contributed by atoms with E-state index in [-0.39, 0.29) is 6.29 Å². The maximum Gasteiger partial charge on any atom is 0.199 e. The number of nitrogens with one attached hydrogen (secondary N) is 2. The molecule has 0 saturated carbocycles. The van der Waals surface area contributed by atoms with Crippen LogP contribution in [-0.4, -0.2) is 34.6 Å². The molecule has 1 saturated heterocycles. The van der Waals surface area contributed by atoms with Crippen molar-refractivity contribution in [2.75, 3.05) is 13.2 Å². The monoisotopic (exact) mass is 534 g/mol. The highest BCUT2D eigenvalue weighted by molar-refractivity contribution is 6.08. The van der Waals surface area contributed by atoms with Gasteiger partial charge in [0.1, 0.15) is 11.5 Å². The van der Waals surface area contributed by atoms with E-state index in [2.05, 4.69) is 46.4 Å². The molecule has 6 aromatic rings. The van der Waals surface area contributed by atoms with Gasteiger partial charge in [-0.25, -0.2) is 0 Å². The normalized spacial score (nSPS) is 16.6. The summed E-state index contributed by atoms with van der Waals surface area (Å²) in [6.45, 7) is 1.72. The Kier molecular flexibility index (Phi) is 7.87. The van der Waals surface area contributed by atoms with Crippen molar-refractivity contribution < 1.29 is 19.3 Å². The first-order valence-electron chi connectivity index (χ1n) is 14.0. The van der Waals surface area contributed by atoms with Crippen LogP contribution in [-0.2, 0) is 9.47 Å². The molecule has 1 fully saturated rings. The number of H-pyrrole nitrogens is 2. The maximum atomic E-state index is 9.34. The predicted molar refractivity (Wildman–Crippen MR) is 162 cm³/mol. The molecule has 0 aliphatic carbocycles. The molecule has 3 N–H and O–H groups in total. The van der Waals surface area contributed by atoms with Gasteiger partial charge in [0, 0.05) is 51.1 Å². The van der Waals surface area contributed by atoms with Crippen LogP contribution in [0.25, 0.3) is 43.6 Å². The van der Waals surface area contributed by atoms with Gasteiger partial charge in [0.25, 0.3) is 0 Å². The number of rotatable bonds is 2. The molecule has 4 heterocycles. The van der Waals surface area contributed by atoms with Gasteiger partial charge in [-0.3, -0.25) is 0 Å². The molecule has 6 heteroatoms. The molecule has 6 nitrogen and oxygen atoms in total. The second kappa shape index (κ2) is 12.2. The minimum absolute atomic E-state index is 0.0921. The van der Waals surface area contributed by atoms with Gasteiger partial charge in [0.05, 0.1) is 30.5 Å². The zero-order chi connectivity index (χ0) is 27.1. The third-order valence-electron chi connectivity index (χ3n) is 7.20. The first-order chi connectivity index (χ1) is 19.7. The number of benzene rings is 4. The molecule has 0 bridgehead atoms. The summed E-state index contributed by atoms with van der Waals surface area (Å²) in [7, 11) is 0. The van der Waals surface area contributed by atoms with Crippen molar-refractivity contribution in [1.82, 2.24) is 9.97 Å². The lowest BCUT2D eigenvalue weighted by Crippen LogP contribution is -2.24. The standard InChI is InChI=1S/C17H17NO2.C12H9NO.C5H8O/c1-2-6-15-13(5-1)14-9-8-12(11-16(14)18-15)20-17-7-3-4-10-19-17;14-8-5-6-10-9-3-1-2-4-11(9)13-12(10)7-8;1-2-4-6-5-3-1/h1-2,5-6,8-9,11,17-18H,3-4,7,10H2;1-7,13-14H;2,4H,1,3,5H2. The van der Waals surface area contributed by atoms with Crippen molar-refractivity contribution in [3.63, 3.8) is 0 Å². The fraction of sp³-hybridized carbons (Fsp3) is 0.235. The maximum absolute atomic E-state index is 9.34. The predicted octanol–water partition coefficient (Wildman–Crippen LogP) is 8.56. The molecule has 0 amide bonds. The second-order valence-corrected chi connectivity index (χ2v) is 10.1. The molecule has 0 spiro atoms. The third kappa shape index (κ3) is 5.92. The number of hydrogen-bond acceptors (Lipinski definition) is 4. The first kappa shape index (κ1) is 25.8. The number of hydrogen-bond donors (Lipinski definition) is 3. The molecular formula is C34H34N2O4. The quantitative estimate of drug-likeness (QED) is 0.208. The number of aromatic amines is 2. The van der Waals surface area contributed by atoms with E-state index in [1.54, 1.807) is 18.4 Å². The van der Waals surface area contributed by atoms with E-state index in [1.807, 2.05) is 42.5 Å². The van der Waals surface area contributed by atoms with E-state index in [1.165, 1.54) is 35.4 Å². The van der Waals surface area contributed by atoms with Gasteiger partial charge in [-0.1, -0.05) is 36.4 Å². The van der Waals surface area contributed by atoms with E-state index in [0.717, 1.165) is 59.3 Å². The molecule has 1 unspecified atom stereocenters. The van der Waals surface area contributed by atoms with Gasteiger partial charge in [0.2, 0.25) is 0 Å². The largest absolute Gasteiger partial charge is 0.508 e. The number of phenols is 1. The minimum Gasteiger partial charge on any atom is -0.508 e. The summed E-state index contributed by atoms with van der Waals surface area (Å²) in [4.78, 5) is 6.69. The Morgan fingerprint density at radius 2 is 1.35 bits per heavy atom. The van der Waals surface area contributed by atoms with Gasteiger partial charge >= 0.3 is 0 Å². The smallest absolute Gasteiger partial charge is 0.199 e. The summed E-state index contributed by atoms with van der Waals surface area (Å²) >= 11 is 0. The van der Waals surface area contributed by atoms with Crippen molar-refractivity contribution >= 4 is 43.6 Å². The molecule has 2 aliphatic rings. The average Bonchev–Trinajstić information content (AvgIpc) is 3.56. The van der Waals surface area contributed by atoms with Gasteiger partial charge < -0.3 is 29.3 Å². The molecule has 0 radical (unpaired) electrons. The average molecular weight is 535 g/mol. The highest BCUT2D eigenvalue weighted by Gasteiger charge is 2.15. The Morgan fingerprint density at radius 3 is 1.95 bits per heavy atom. The Morgan fingerprint density at radius 1 is 0.675 bits per heavy atom. The van der Waals surface area contributed by atoms with Crippen molar-refractivity contribution in [3.05, 3.63) is 97.3 Å². The lowest BCUT2D eigenvalue weighted by Gasteiger charge is -2.23. The summed E-state index contributed by atoms with van der Waals surface area (Å²) in [6, 6.07) is 28.1. The van der Waals surface area contributed by atoms with Gasteiger partial charge in [-0.15, -0.1) is 0 Å². The van der Waals surface area contributed by atoms with E-state index in [0.29, 0.717) is 5.75 Å². The van der Waals surface area contributed by atoms with Crippen LogP contribution in [0.3, 0.4) is 0 Å². The summed E-state index contributed by atoms with van der Waals surface area (Å²) in [5.74, 6) is 1.17. The summed E-state index contributed by atoms with van der Waals surface area (Å²) in [5.41, 5.74) is 4.35. The van der Waals surface area contributed by atoms with Crippen LogP contribution in [0.5, 0.6) is 11.5 Å². The second-order valence-electron chi connectivity index (χ2n) is 10.1. The van der Waals surface area contributed by atoms with Crippen LogP contribution in [0.4, 0.5) is 0 Å². The van der Waals surface area contributed by atoms with Crippen molar-refractivity contribution in [3.8, 4) is 11.5 Å². The fourth-order valence-corrected chi connectivity index (χ4v) is 5.19. The molecule has 4 aromatic carbocycles. The molecule has 2 aliphatic heterocycles. The van der Waals surface area contributed by atoms with Crippen LogP contribution >= 0.6 is 0 Å². The van der Waals surface area contributed by atoms with E-state index < -0.39 is 0 Å². The lowest BCUT2D eigenvalue weighted by atomic mass is 10.1. The van der Waals surface area contributed by atoms with E-state index >= 15 is 0 Å². The van der Waals surface area contributed by atoms with Crippen LogP contribution in [0.15, 0.2) is 97.3 Å². The van der Waals surface area contributed by atoms with Crippen LogP contribution < -0.4 is 4.74 Å². The Balaban J connectivity index is 0.000000125. The van der Waals surface area contributed by atoms with Crippen LogP contribution in [0.1, 0.15) is 32.1 Å². The summed E-state index contributed by atoms with van der Waals surface area (Å²) in [5, 5.41) is 14.2. The number of aromatic nitrogens is 2. The zero-order valence-electron chi connectivity index (χ0n) is 22.4. The fourth-order valence-electron chi connectivity index (χ4n) is 5.19. The highest BCUT2D eigenvalue weighted by atomic mass is 16.7. The Bertz CT molecular complexity index is 1740. The molecule has 1 atom stereocenters. The van der Waals surface area contributed by atoms with Crippen LogP contribution in [0, 0.1) is 0 Å². The number of para-hydroxylation sites is 2. The van der Waals surface area contributed by atoms with Gasteiger partial charge in [-0.2, -0.15) is 0 Å². The van der Waals surface area contributed by atoms with E-state index in [4.69, 9.17) is 14.2 Å². The Hall–Kier alpha value is -4.42. The summed E-state index contributed by atoms with van der Waals surface area (Å²) in [6.07, 6.45) is 9.40. The van der Waals surface area contributed by atoms with Crippen molar-refractivity contribution in [1.29, 1.82) is 0 Å². The number of fused-ring (bicyclic) bond motifs is 6. The number of aromatic hydroxyl groups is 1. The zero-order valence-corrected chi connectivity index (χ0v) is 22.4. The topological polar surface area (TPSA) is 79.5 Å². The Labute approximate surface area is 233 Å². The number of allylic oxidation sites excluding steroid dienone is 1. The van der Waals surface area contributed by atoms with Crippen molar-refractivity contribution in [2.45, 2.75) is 38.4 Å². The van der Waals surface area contributed by atoms with Crippen LogP contribution in [0.2, 0.25) is 0 Å². The lowest BCUT2D eigenvalue weighted by molar-refractivity contribution is -0.105. The van der Waals surface area contributed by atoms with Gasteiger partial charge in [0.15, 0.2) is 6.29 Å². The molecule has 40 heavy (non-hydrogen) atoms. The number of ether oxygens (including phenoxy) is 3.